The predicted octanol–water partition coefficient (Wildman–Crippen LogP) is 3.73. The van der Waals surface area contributed by atoms with Crippen molar-refractivity contribution in [3.63, 3.8) is 0 Å². The maximum absolute atomic E-state index is 13.4. The van der Waals surface area contributed by atoms with E-state index in [9.17, 15) is 4.39 Å². The molecule has 0 bridgehead atoms. The second kappa shape index (κ2) is 3.76. The van der Waals surface area contributed by atoms with Gasteiger partial charge in [0.15, 0.2) is 0 Å². The van der Waals surface area contributed by atoms with Gasteiger partial charge >= 0.3 is 0 Å². The molecule has 2 aliphatic carbocycles. The summed E-state index contributed by atoms with van der Waals surface area (Å²) in [6, 6.07) is 5.92. The summed E-state index contributed by atoms with van der Waals surface area (Å²) in [6.45, 7) is 1.86. The molecule has 0 radical (unpaired) electrons. The summed E-state index contributed by atoms with van der Waals surface area (Å²) < 4.78 is 13.4. The van der Waals surface area contributed by atoms with E-state index < -0.39 is 0 Å². The number of halogens is 1. The molecular weight excluding hydrogens is 201 g/mol. The van der Waals surface area contributed by atoms with Crippen LogP contribution in [0.1, 0.15) is 31.2 Å². The van der Waals surface area contributed by atoms with Crippen molar-refractivity contribution in [1.29, 1.82) is 0 Å². The molecule has 0 aliphatic heterocycles. The Morgan fingerprint density at radius 1 is 1.19 bits per heavy atom. The van der Waals surface area contributed by atoms with Crippen molar-refractivity contribution in [2.24, 2.45) is 11.8 Å². The molecule has 0 unspecified atom stereocenters. The maximum Gasteiger partial charge on any atom is 0.128 e. The third-order valence-corrected chi connectivity index (χ3v) is 3.85. The summed E-state index contributed by atoms with van der Waals surface area (Å²) in [6.07, 6.45) is 5.40. The van der Waals surface area contributed by atoms with Crippen molar-refractivity contribution >= 4 is 5.69 Å². The highest BCUT2D eigenvalue weighted by atomic mass is 19.1. The zero-order valence-corrected chi connectivity index (χ0v) is 9.67. The van der Waals surface area contributed by atoms with E-state index in [0.29, 0.717) is 6.04 Å². The molecule has 1 nitrogen and oxygen atoms in total. The first-order valence-electron chi connectivity index (χ1n) is 6.27. The molecule has 2 saturated carbocycles. The van der Waals surface area contributed by atoms with E-state index in [1.807, 2.05) is 13.0 Å². The van der Waals surface area contributed by atoms with Crippen molar-refractivity contribution in [3.8, 4) is 0 Å². The molecule has 1 aromatic carbocycles. The van der Waals surface area contributed by atoms with Crippen LogP contribution in [-0.4, -0.2) is 6.04 Å². The van der Waals surface area contributed by atoms with Gasteiger partial charge in [0, 0.05) is 17.3 Å². The molecule has 1 N–H and O–H groups in total. The van der Waals surface area contributed by atoms with Gasteiger partial charge in [-0.1, -0.05) is 6.07 Å². The van der Waals surface area contributed by atoms with Crippen LogP contribution in [0.4, 0.5) is 10.1 Å². The lowest BCUT2D eigenvalue weighted by molar-refractivity contribution is 0.565. The van der Waals surface area contributed by atoms with E-state index in [1.165, 1.54) is 31.7 Å². The van der Waals surface area contributed by atoms with Crippen LogP contribution in [0.15, 0.2) is 18.2 Å². The quantitative estimate of drug-likeness (QED) is 0.813. The number of hydrogen-bond donors (Lipinski definition) is 1. The molecule has 1 aromatic rings. The number of hydrogen-bond acceptors (Lipinski definition) is 1. The van der Waals surface area contributed by atoms with Crippen LogP contribution in [0.3, 0.4) is 0 Å². The van der Waals surface area contributed by atoms with Gasteiger partial charge in [0.25, 0.3) is 0 Å². The van der Waals surface area contributed by atoms with Crippen molar-refractivity contribution in [3.05, 3.63) is 29.6 Å². The Kier molecular flexibility index (Phi) is 2.38. The number of anilines is 1. The van der Waals surface area contributed by atoms with E-state index in [1.54, 1.807) is 6.07 Å². The van der Waals surface area contributed by atoms with Crippen LogP contribution >= 0.6 is 0 Å². The average molecular weight is 219 g/mol. The van der Waals surface area contributed by atoms with E-state index >= 15 is 0 Å². The monoisotopic (exact) mass is 219 g/mol. The summed E-state index contributed by atoms with van der Waals surface area (Å²) in [5.74, 6) is 1.58. The van der Waals surface area contributed by atoms with E-state index in [-0.39, 0.29) is 5.82 Å². The van der Waals surface area contributed by atoms with Crippen molar-refractivity contribution in [2.45, 2.75) is 38.6 Å². The predicted molar refractivity (Wildman–Crippen MR) is 64.0 cm³/mol. The molecule has 2 fully saturated rings. The maximum atomic E-state index is 13.4. The second-order valence-corrected chi connectivity index (χ2v) is 5.26. The fraction of sp³-hybridized carbons (Fsp3) is 0.571. The third kappa shape index (κ3) is 1.93. The van der Waals surface area contributed by atoms with Crippen molar-refractivity contribution < 1.29 is 4.39 Å². The van der Waals surface area contributed by atoms with Crippen LogP contribution in [0.2, 0.25) is 0 Å². The van der Waals surface area contributed by atoms with E-state index in [4.69, 9.17) is 0 Å². The molecule has 0 heterocycles. The normalized spacial score (nSPS) is 20.2. The molecule has 0 amide bonds. The Labute approximate surface area is 96.1 Å². The smallest absolute Gasteiger partial charge is 0.128 e. The zero-order valence-electron chi connectivity index (χ0n) is 9.67. The van der Waals surface area contributed by atoms with Gasteiger partial charge in [0.2, 0.25) is 0 Å². The van der Waals surface area contributed by atoms with Crippen LogP contribution in [0.25, 0.3) is 0 Å². The largest absolute Gasteiger partial charge is 0.381 e. The molecular formula is C14H18FN. The first-order valence-corrected chi connectivity index (χ1v) is 6.27. The molecule has 0 atom stereocenters. The van der Waals surface area contributed by atoms with E-state index in [2.05, 4.69) is 5.32 Å². The van der Waals surface area contributed by atoms with Crippen LogP contribution in [0.5, 0.6) is 0 Å². The molecule has 0 spiro atoms. The average Bonchev–Trinajstić information content (AvgIpc) is 3.15. The summed E-state index contributed by atoms with van der Waals surface area (Å²) >= 11 is 0. The fourth-order valence-corrected chi connectivity index (χ4v) is 2.47. The second-order valence-electron chi connectivity index (χ2n) is 5.26. The molecule has 0 saturated heterocycles. The minimum absolute atomic E-state index is 0.102. The molecule has 3 rings (SSSR count). The molecule has 0 aromatic heterocycles. The first-order chi connectivity index (χ1) is 7.75. The number of rotatable bonds is 4. The van der Waals surface area contributed by atoms with Crippen molar-refractivity contribution in [2.75, 3.05) is 5.32 Å². The van der Waals surface area contributed by atoms with Gasteiger partial charge in [-0.25, -0.2) is 4.39 Å². The van der Waals surface area contributed by atoms with Crippen LogP contribution in [0, 0.1) is 24.6 Å². The minimum atomic E-state index is -0.102. The van der Waals surface area contributed by atoms with Crippen LogP contribution in [-0.2, 0) is 0 Å². The lowest BCUT2D eigenvalue weighted by Crippen LogP contribution is -2.24. The van der Waals surface area contributed by atoms with Crippen LogP contribution < -0.4 is 5.32 Å². The van der Waals surface area contributed by atoms with Crippen molar-refractivity contribution in [1.82, 2.24) is 0 Å². The Morgan fingerprint density at radius 3 is 2.38 bits per heavy atom. The summed E-state index contributed by atoms with van der Waals surface area (Å²) in [7, 11) is 0. The Hall–Kier alpha value is -1.05. The summed E-state index contributed by atoms with van der Waals surface area (Å²) in [4.78, 5) is 0. The fourth-order valence-electron chi connectivity index (χ4n) is 2.47. The molecule has 2 aliphatic rings. The molecule has 2 heteroatoms. The Bertz CT molecular complexity index is 382. The standard InChI is InChI=1S/C14H18FN/c1-9-12(15)3-2-4-13(9)16-14(10-5-6-10)11-7-8-11/h2-4,10-11,14,16H,5-8H2,1H3. The Balaban J connectivity index is 1.78. The lowest BCUT2D eigenvalue weighted by Gasteiger charge is -2.20. The van der Waals surface area contributed by atoms with Gasteiger partial charge in [0.1, 0.15) is 5.82 Å². The molecule has 16 heavy (non-hydrogen) atoms. The van der Waals surface area contributed by atoms with Gasteiger partial charge in [-0.15, -0.1) is 0 Å². The van der Waals surface area contributed by atoms with Gasteiger partial charge < -0.3 is 5.32 Å². The highest BCUT2D eigenvalue weighted by Gasteiger charge is 2.41. The molecule has 86 valence electrons. The lowest BCUT2D eigenvalue weighted by atomic mass is 10.1. The topological polar surface area (TPSA) is 12.0 Å². The van der Waals surface area contributed by atoms with E-state index in [0.717, 1.165) is 23.1 Å². The Morgan fingerprint density at radius 2 is 1.81 bits per heavy atom. The highest BCUT2D eigenvalue weighted by molar-refractivity contribution is 5.52. The van der Waals surface area contributed by atoms with Gasteiger partial charge in [-0.2, -0.15) is 0 Å². The van der Waals surface area contributed by atoms with Gasteiger partial charge in [-0.3, -0.25) is 0 Å². The SMILES string of the molecule is Cc1c(F)cccc1NC(C1CC1)C1CC1. The van der Waals surface area contributed by atoms with Gasteiger partial charge in [-0.05, 0) is 56.6 Å². The first kappa shape index (κ1) is 10.1. The van der Waals surface area contributed by atoms with Gasteiger partial charge in [0.05, 0.1) is 0 Å². The zero-order chi connectivity index (χ0) is 11.1. The number of benzene rings is 1. The summed E-state index contributed by atoms with van der Waals surface area (Å²) in [5, 5.41) is 3.57. The third-order valence-electron chi connectivity index (χ3n) is 3.85. The highest BCUT2D eigenvalue weighted by Crippen LogP contribution is 2.46. The number of nitrogens with one attached hydrogen (secondary N) is 1. The minimum Gasteiger partial charge on any atom is -0.381 e. The summed E-state index contributed by atoms with van der Waals surface area (Å²) in [5.41, 5.74) is 1.75.